The van der Waals surface area contributed by atoms with E-state index in [1.54, 1.807) is 19.1 Å². The van der Waals surface area contributed by atoms with E-state index in [0.717, 1.165) is 11.1 Å². The highest BCUT2D eigenvalue weighted by Gasteiger charge is 2.34. The van der Waals surface area contributed by atoms with Crippen LogP contribution in [0, 0.1) is 26.7 Å². The fraction of sp³-hybridized carbons (Fsp3) is 0.480. The molecule has 8 heteroatoms. The number of carbonyl (C=O) groups is 1. The normalized spacial score (nSPS) is 16.4. The van der Waals surface area contributed by atoms with Crippen molar-refractivity contribution < 1.29 is 17.9 Å². The Labute approximate surface area is 202 Å². The average Bonchev–Trinajstić information content (AvgIpc) is 2.77. The van der Waals surface area contributed by atoms with Gasteiger partial charge in [-0.2, -0.15) is 4.31 Å². The van der Waals surface area contributed by atoms with Crippen molar-refractivity contribution in [1.82, 2.24) is 9.62 Å². The third kappa shape index (κ3) is 5.70. The lowest BCUT2D eigenvalue weighted by Gasteiger charge is -2.31. The van der Waals surface area contributed by atoms with Gasteiger partial charge in [0.2, 0.25) is 15.9 Å². The summed E-state index contributed by atoms with van der Waals surface area (Å²) in [6.45, 7) is 10.9. The minimum Gasteiger partial charge on any atom is -0.492 e. The van der Waals surface area contributed by atoms with E-state index in [-0.39, 0.29) is 35.9 Å². The van der Waals surface area contributed by atoms with Crippen molar-refractivity contribution in [2.45, 2.75) is 58.4 Å². The first kappa shape index (κ1) is 25.5. The van der Waals surface area contributed by atoms with E-state index in [9.17, 15) is 13.2 Å². The first-order valence-electron chi connectivity index (χ1n) is 11.3. The Kier molecular flexibility index (Phi) is 8.08. The van der Waals surface area contributed by atoms with E-state index in [4.69, 9.17) is 16.3 Å². The molecule has 0 spiro atoms. The zero-order chi connectivity index (χ0) is 24.3. The van der Waals surface area contributed by atoms with Gasteiger partial charge in [0.25, 0.3) is 0 Å². The minimum atomic E-state index is -3.77. The molecule has 1 aliphatic heterocycles. The van der Waals surface area contributed by atoms with Crippen LogP contribution in [0.5, 0.6) is 5.75 Å². The maximum atomic E-state index is 13.3. The van der Waals surface area contributed by atoms with Crippen LogP contribution in [0.15, 0.2) is 35.2 Å². The van der Waals surface area contributed by atoms with E-state index in [1.807, 2.05) is 6.92 Å². The Bertz CT molecular complexity index is 1130. The van der Waals surface area contributed by atoms with E-state index in [0.29, 0.717) is 30.2 Å². The third-order valence-electron chi connectivity index (χ3n) is 6.36. The number of carbonyl (C=O) groups excluding carboxylic acids is 1. The third-order valence-corrected chi connectivity index (χ3v) is 8.51. The maximum Gasteiger partial charge on any atom is 0.246 e. The number of halogens is 1. The lowest BCUT2D eigenvalue weighted by molar-refractivity contribution is -0.126. The molecule has 1 unspecified atom stereocenters. The van der Waals surface area contributed by atoms with Crippen LogP contribution >= 0.6 is 11.6 Å². The van der Waals surface area contributed by atoms with Gasteiger partial charge in [0.05, 0.1) is 12.6 Å². The second-order valence-electron chi connectivity index (χ2n) is 8.73. The molecule has 0 aromatic heterocycles. The number of hydrogen-bond donors (Lipinski definition) is 1. The Morgan fingerprint density at radius 1 is 1.12 bits per heavy atom. The van der Waals surface area contributed by atoms with Crippen LogP contribution < -0.4 is 10.1 Å². The molecule has 0 aliphatic carbocycles. The van der Waals surface area contributed by atoms with Crippen LogP contribution in [0.4, 0.5) is 0 Å². The second-order valence-corrected chi connectivity index (χ2v) is 11.1. The summed E-state index contributed by atoms with van der Waals surface area (Å²) in [6, 6.07) is 8.78. The Morgan fingerprint density at radius 3 is 2.39 bits per heavy atom. The average molecular weight is 493 g/mol. The minimum absolute atomic E-state index is 0.0325. The molecule has 1 amide bonds. The molecule has 2 aromatic carbocycles. The van der Waals surface area contributed by atoms with Crippen LogP contribution in [-0.4, -0.2) is 38.3 Å². The predicted molar refractivity (Wildman–Crippen MR) is 131 cm³/mol. The quantitative estimate of drug-likeness (QED) is 0.593. The van der Waals surface area contributed by atoms with Gasteiger partial charge in [-0.3, -0.25) is 4.79 Å². The standard InChI is InChI=1S/C25H33ClN2O4S/c1-6-32-23-8-7-21(26)15-24(23)33(30,31)28-11-9-20(10-12-28)25(29)27-19(5)22-14-17(3)16(2)13-18(22)4/h7-8,13-15,19-20H,6,9-12H2,1-5H3,(H,27,29). The predicted octanol–water partition coefficient (Wildman–Crippen LogP) is 4.94. The summed E-state index contributed by atoms with van der Waals surface area (Å²) in [7, 11) is -3.77. The molecule has 180 valence electrons. The molecule has 33 heavy (non-hydrogen) atoms. The number of aryl methyl sites for hydroxylation is 3. The molecule has 0 bridgehead atoms. The molecule has 6 nitrogen and oxygen atoms in total. The van der Waals surface area contributed by atoms with Gasteiger partial charge >= 0.3 is 0 Å². The molecule has 1 aliphatic rings. The van der Waals surface area contributed by atoms with Crippen molar-refractivity contribution >= 4 is 27.5 Å². The summed E-state index contributed by atoms with van der Waals surface area (Å²) in [5.41, 5.74) is 4.69. The summed E-state index contributed by atoms with van der Waals surface area (Å²) >= 11 is 6.06. The largest absolute Gasteiger partial charge is 0.492 e. The molecule has 1 N–H and O–H groups in total. The van der Waals surface area contributed by atoms with Crippen molar-refractivity contribution in [3.8, 4) is 5.75 Å². The van der Waals surface area contributed by atoms with E-state index >= 15 is 0 Å². The highest BCUT2D eigenvalue weighted by Crippen LogP contribution is 2.32. The van der Waals surface area contributed by atoms with E-state index in [1.165, 1.54) is 21.5 Å². The van der Waals surface area contributed by atoms with Crippen LogP contribution in [0.25, 0.3) is 0 Å². The fourth-order valence-electron chi connectivity index (χ4n) is 4.31. The number of piperidine rings is 1. The van der Waals surface area contributed by atoms with Crippen molar-refractivity contribution in [3.05, 3.63) is 57.6 Å². The lowest BCUT2D eigenvalue weighted by Crippen LogP contribution is -2.43. The first-order chi connectivity index (χ1) is 15.5. The maximum absolute atomic E-state index is 13.3. The number of sulfonamides is 1. The van der Waals surface area contributed by atoms with Crippen LogP contribution in [0.2, 0.25) is 5.02 Å². The Balaban J connectivity index is 1.67. The molecule has 0 radical (unpaired) electrons. The molecule has 2 aromatic rings. The first-order valence-corrected chi connectivity index (χ1v) is 13.2. The van der Waals surface area contributed by atoms with Crippen LogP contribution in [0.3, 0.4) is 0 Å². The zero-order valence-electron chi connectivity index (χ0n) is 19.9. The molecular formula is C25H33ClN2O4S. The summed E-state index contributed by atoms with van der Waals surface area (Å²) < 4.78 is 33.4. The van der Waals surface area contributed by atoms with Crippen molar-refractivity contribution in [1.29, 1.82) is 0 Å². The molecule has 3 rings (SSSR count). The van der Waals surface area contributed by atoms with Gasteiger partial charge in [-0.15, -0.1) is 0 Å². The van der Waals surface area contributed by atoms with Gasteiger partial charge in [0, 0.05) is 24.0 Å². The van der Waals surface area contributed by atoms with Crippen LogP contribution in [-0.2, 0) is 14.8 Å². The molecule has 0 saturated carbocycles. The summed E-state index contributed by atoms with van der Waals surface area (Å²) in [5.74, 6) is 0.0331. The van der Waals surface area contributed by atoms with Crippen molar-refractivity contribution in [2.24, 2.45) is 5.92 Å². The molecule has 1 saturated heterocycles. The van der Waals surface area contributed by atoms with Gasteiger partial charge in [-0.25, -0.2) is 8.42 Å². The number of hydrogen-bond acceptors (Lipinski definition) is 4. The number of nitrogens with one attached hydrogen (secondary N) is 1. The molecule has 1 fully saturated rings. The summed E-state index contributed by atoms with van der Waals surface area (Å²) in [4.78, 5) is 13.0. The van der Waals surface area contributed by atoms with Crippen LogP contribution in [0.1, 0.15) is 55.0 Å². The highest BCUT2D eigenvalue weighted by molar-refractivity contribution is 7.89. The smallest absolute Gasteiger partial charge is 0.246 e. The SMILES string of the molecule is CCOc1ccc(Cl)cc1S(=O)(=O)N1CCC(C(=O)NC(C)c2cc(C)c(C)cc2C)CC1. The summed E-state index contributed by atoms with van der Waals surface area (Å²) in [5, 5.41) is 3.46. The number of benzene rings is 2. The Hall–Kier alpha value is -2.09. The van der Waals surface area contributed by atoms with E-state index in [2.05, 4.69) is 38.2 Å². The van der Waals surface area contributed by atoms with Gasteiger partial charge in [0.15, 0.2) is 0 Å². The molecule has 1 atom stereocenters. The van der Waals surface area contributed by atoms with E-state index < -0.39 is 10.0 Å². The number of amides is 1. The zero-order valence-corrected chi connectivity index (χ0v) is 21.5. The fourth-order valence-corrected chi connectivity index (χ4v) is 6.18. The number of rotatable bonds is 7. The molecular weight excluding hydrogens is 460 g/mol. The number of nitrogens with zero attached hydrogens (tertiary/aromatic N) is 1. The molecule has 1 heterocycles. The van der Waals surface area contributed by atoms with Crippen molar-refractivity contribution in [2.75, 3.05) is 19.7 Å². The van der Waals surface area contributed by atoms with Gasteiger partial charge in [0.1, 0.15) is 10.6 Å². The van der Waals surface area contributed by atoms with Gasteiger partial charge in [-0.1, -0.05) is 23.7 Å². The monoisotopic (exact) mass is 492 g/mol. The topological polar surface area (TPSA) is 75.7 Å². The van der Waals surface area contributed by atoms with Gasteiger partial charge < -0.3 is 10.1 Å². The highest BCUT2D eigenvalue weighted by atomic mass is 35.5. The lowest BCUT2D eigenvalue weighted by atomic mass is 9.94. The summed E-state index contributed by atoms with van der Waals surface area (Å²) in [6.07, 6.45) is 0.933. The second kappa shape index (κ2) is 10.5. The Morgan fingerprint density at radius 2 is 1.76 bits per heavy atom. The number of ether oxygens (including phenoxy) is 1. The van der Waals surface area contributed by atoms with Crippen molar-refractivity contribution in [3.63, 3.8) is 0 Å². The van der Waals surface area contributed by atoms with Gasteiger partial charge in [-0.05, 0) is 87.9 Å².